The first-order chi connectivity index (χ1) is 10.7. The van der Waals surface area contributed by atoms with Crippen molar-refractivity contribution >= 4 is 17.5 Å². The normalized spacial score (nSPS) is 10.7. The van der Waals surface area contributed by atoms with E-state index >= 15 is 0 Å². The van der Waals surface area contributed by atoms with Crippen LogP contribution in [0.1, 0.15) is 31.7 Å². The quantitative estimate of drug-likeness (QED) is 0.726. The van der Waals surface area contributed by atoms with E-state index in [-0.39, 0.29) is 0 Å². The molecule has 0 saturated carbocycles. The summed E-state index contributed by atoms with van der Waals surface area (Å²) in [5.74, 6) is 1.86. The summed E-state index contributed by atoms with van der Waals surface area (Å²) in [4.78, 5) is 8.78. The molecule has 22 heavy (non-hydrogen) atoms. The van der Waals surface area contributed by atoms with Gasteiger partial charge < -0.3 is 15.4 Å². The highest BCUT2D eigenvalue weighted by molar-refractivity contribution is 5.60. The maximum absolute atomic E-state index is 5.03. The second-order valence-electron chi connectivity index (χ2n) is 5.41. The summed E-state index contributed by atoms with van der Waals surface area (Å²) >= 11 is 0. The lowest BCUT2D eigenvalue weighted by Crippen LogP contribution is -2.08. The molecule has 2 rings (SSSR count). The molecule has 0 aliphatic heterocycles. The maximum atomic E-state index is 5.03. The molecule has 1 aromatic heterocycles. The van der Waals surface area contributed by atoms with E-state index < -0.39 is 0 Å². The molecule has 1 heterocycles. The first-order valence-electron chi connectivity index (χ1n) is 7.62. The van der Waals surface area contributed by atoms with E-state index in [4.69, 9.17) is 4.74 Å². The van der Waals surface area contributed by atoms with Gasteiger partial charge in [-0.15, -0.1) is 0 Å². The van der Waals surface area contributed by atoms with Gasteiger partial charge in [-0.05, 0) is 30.0 Å². The molecule has 118 valence electrons. The highest BCUT2D eigenvalue weighted by atomic mass is 16.5. The number of rotatable bonds is 8. The molecule has 0 amide bonds. The third-order valence-electron chi connectivity index (χ3n) is 3.32. The molecular weight excluding hydrogens is 276 g/mol. The Morgan fingerprint density at radius 2 is 2.00 bits per heavy atom. The van der Waals surface area contributed by atoms with Crippen molar-refractivity contribution in [3.05, 3.63) is 42.1 Å². The summed E-state index contributed by atoms with van der Waals surface area (Å²) in [5, 5.41) is 6.58. The van der Waals surface area contributed by atoms with Crippen LogP contribution in [0.4, 0.5) is 17.5 Å². The van der Waals surface area contributed by atoms with Crippen LogP contribution in [0, 0.1) is 0 Å². The van der Waals surface area contributed by atoms with Crippen LogP contribution in [0.5, 0.6) is 0 Å². The van der Waals surface area contributed by atoms with Gasteiger partial charge in [-0.25, -0.2) is 4.98 Å². The van der Waals surface area contributed by atoms with Crippen molar-refractivity contribution in [2.75, 3.05) is 30.9 Å². The van der Waals surface area contributed by atoms with E-state index in [9.17, 15) is 0 Å². The molecule has 0 fully saturated rings. The van der Waals surface area contributed by atoms with Crippen LogP contribution < -0.4 is 10.6 Å². The summed E-state index contributed by atoms with van der Waals surface area (Å²) in [6.07, 6.45) is 2.70. The lowest BCUT2D eigenvalue weighted by Gasteiger charge is -2.14. The summed E-state index contributed by atoms with van der Waals surface area (Å²) in [6.45, 7) is 5.92. The molecule has 5 nitrogen and oxygen atoms in total. The number of nitrogens with one attached hydrogen (secondary N) is 2. The molecule has 5 heteroatoms. The number of para-hydroxylation sites is 1. The van der Waals surface area contributed by atoms with Gasteiger partial charge in [-0.1, -0.05) is 32.0 Å². The lowest BCUT2D eigenvalue weighted by molar-refractivity contribution is 0.198. The van der Waals surface area contributed by atoms with Gasteiger partial charge in [0.25, 0.3) is 0 Å². The van der Waals surface area contributed by atoms with Crippen LogP contribution in [-0.4, -0.2) is 30.2 Å². The van der Waals surface area contributed by atoms with Crippen LogP contribution in [0.15, 0.2) is 36.5 Å². The minimum Gasteiger partial charge on any atom is -0.385 e. The van der Waals surface area contributed by atoms with Crippen molar-refractivity contribution in [2.45, 2.75) is 26.2 Å². The van der Waals surface area contributed by atoms with Crippen LogP contribution in [0.2, 0.25) is 0 Å². The Labute approximate surface area is 132 Å². The van der Waals surface area contributed by atoms with Gasteiger partial charge in [0, 0.05) is 32.1 Å². The summed E-state index contributed by atoms with van der Waals surface area (Å²) < 4.78 is 5.03. The number of ether oxygens (including phenoxy) is 1. The van der Waals surface area contributed by atoms with E-state index in [1.807, 2.05) is 12.1 Å². The maximum Gasteiger partial charge on any atom is 0.229 e. The van der Waals surface area contributed by atoms with Gasteiger partial charge in [0.2, 0.25) is 5.95 Å². The highest BCUT2D eigenvalue weighted by Crippen LogP contribution is 2.25. The molecule has 0 radical (unpaired) electrons. The Kier molecular flexibility index (Phi) is 6.15. The summed E-state index contributed by atoms with van der Waals surface area (Å²) in [5.41, 5.74) is 2.30. The van der Waals surface area contributed by atoms with E-state index in [0.717, 1.165) is 31.1 Å². The minimum absolute atomic E-state index is 0.444. The third-order valence-corrected chi connectivity index (χ3v) is 3.32. The van der Waals surface area contributed by atoms with E-state index in [2.05, 4.69) is 52.6 Å². The van der Waals surface area contributed by atoms with E-state index in [1.54, 1.807) is 13.3 Å². The molecule has 0 spiro atoms. The summed E-state index contributed by atoms with van der Waals surface area (Å²) in [7, 11) is 1.71. The number of benzene rings is 1. The first kappa shape index (κ1) is 16.2. The number of hydrogen-bond donors (Lipinski definition) is 2. The molecule has 0 atom stereocenters. The number of methoxy groups -OCH3 is 1. The lowest BCUT2D eigenvalue weighted by atomic mass is 10.0. The number of hydrogen-bond acceptors (Lipinski definition) is 5. The Balaban J connectivity index is 2.04. The van der Waals surface area contributed by atoms with Crippen molar-refractivity contribution in [1.29, 1.82) is 0 Å². The van der Waals surface area contributed by atoms with Crippen molar-refractivity contribution < 1.29 is 4.74 Å². The van der Waals surface area contributed by atoms with Crippen molar-refractivity contribution in [3.8, 4) is 0 Å². The standard InChI is InChI=1S/C17H24N4O/c1-13(2)14-7-4-5-8-15(14)20-17-19-11-9-16(21-17)18-10-6-12-22-3/h4-5,7-9,11,13H,6,10,12H2,1-3H3,(H2,18,19,20,21). The second kappa shape index (κ2) is 8.34. The van der Waals surface area contributed by atoms with Gasteiger partial charge in [0.15, 0.2) is 0 Å². The number of nitrogens with zero attached hydrogens (tertiary/aromatic N) is 2. The highest BCUT2D eigenvalue weighted by Gasteiger charge is 2.07. The minimum atomic E-state index is 0.444. The second-order valence-corrected chi connectivity index (χ2v) is 5.41. The fourth-order valence-electron chi connectivity index (χ4n) is 2.19. The van der Waals surface area contributed by atoms with Crippen LogP contribution in [-0.2, 0) is 4.74 Å². The monoisotopic (exact) mass is 300 g/mol. The van der Waals surface area contributed by atoms with E-state index in [1.165, 1.54) is 5.56 Å². The average Bonchev–Trinajstić information content (AvgIpc) is 2.52. The topological polar surface area (TPSA) is 59.1 Å². The third kappa shape index (κ3) is 4.70. The zero-order chi connectivity index (χ0) is 15.8. The smallest absolute Gasteiger partial charge is 0.229 e. The predicted octanol–water partition coefficient (Wildman–Crippen LogP) is 3.79. The van der Waals surface area contributed by atoms with Crippen LogP contribution in [0.3, 0.4) is 0 Å². The van der Waals surface area contributed by atoms with Gasteiger partial charge in [0.1, 0.15) is 5.82 Å². The number of aromatic nitrogens is 2. The Morgan fingerprint density at radius 1 is 1.18 bits per heavy atom. The van der Waals surface area contributed by atoms with Crippen LogP contribution >= 0.6 is 0 Å². The molecule has 2 N–H and O–H groups in total. The largest absolute Gasteiger partial charge is 0.385 e. The SMILES string of the molecule is COCCCNc1ccnc(Nc2ccccc2C(C)C)n1. The van der Waals surface area contributed by atoms with Crippen LogP contribution in [0.25, 0.3) is 0 Å². The zero-order valence-electron chi connectivity index (χ0n) is 13.5. The number of anilines is 3. The zero-order valence-corrected chi connectivity index (χ0v) is 13.5. The fourth-order valence-corrected chi connectivity index (χ4v) is 2.19. The molecule has 0 unspecified atom stereocenters. The van der Waals surface area contributed by atoms with Crippen molar-refractivity contribution in [2.24, 2.45) is 0 Å². The van der Waals surface area contributed by atoms with Gasteiger partial charge in [-0.3, -0.25) is 0 Å². The average molecular weight is 300 g/mol. The van der Waals surface area contributed by atoms with Gasteiger partial charge in [0.05, 0.1) is 0 Å². The Morgan fingerprint density at radius 3 is 2.77 bits per heavy atom. The van der Waals surface area contributed by atoms with Gasteiger partial charge >= 0.3 is 0 Å². The van der Waals surface area contributed by atoms with Crippen molar-refractivity contribution in [3.63, 3.8) is 0 Å². The fraction of sp³-hybridized carbons (Fsp3) is 0.412. The van der Waals surface area contributed by atoms with E-state index in [0.29, 0.717) is 11.9 Å². The predicted molar refractivity (Wildman–Crippen MR) is 90.8 cm³/mol. The molecule has 0 bridgehead atoms. The molecule has 0 aliphatic rings. The Hall–Kier alpha value is -2.14. The molecule has 0 aliphatic carbocycles. The Bertz CT molecular complexity index is 586. The first-order valence-corrected chi connectivity index (χ1v) is 7.62. The van der Waals surface area contributed by atoms with Crippen molar-refractivity contribution in [1.82, 2.24) is 9.97 Å². The molecule has 0 saturated heterocycles. The molecular formula is C17H24N4O. The molecule has 2 aromatic rings. The molecule has 1 aromatic carbocycles. The summed E-state index contributed by atoms with van der Waals surface area (Å²) in [6, 6.07) is 10.1. The van der Waals surface area contributed by atoms with Gasteiger partial charge in [-0.2, -0.15) is 4.98 Å².